The zero-order valence-electron chi connectivity index (χ0n) is 11.8. The number of nitrogens with two attached hydrogens (primary N) is 1. The van der Waals surface area contributed by atoms with E-state index < -0.39 is 0 Å². The summed E-state index contributed by atoms with van der Waals surface area (Å²) in [4.78, 5) is 0. The molecule has 0 bridgehead atoms. The molecule has 1 aliphatic rings. The molecule has 4 heteroatoms. The van der Waals surface area contributed by atoms with Crippen LogP contribution in [0.1, 0.15) is 32.3 Å². The molecule has 0 unspecified atom stereocenters. The molecule has 1 fully saturated rings. The molecule has 1 aromatic rings. The van der Waals surface area contributed by atoms with Gasteiger partial charge in [0.15, 0.2) is 11.5 Å². The standard InChI is InChI=1S/C15H22ClNO2/c1-15(2,17)8-11-6-13(18-3)14(7-12(11)16)19-9-10-4-5-10/h6-7,10H,4-5,8-9,17H2,1-3H3. The Hall–Kier alpha value is -0.930. The third-order valence-corrected chi connectivity index (χ3v) is 3.50. The molecule has 0 atom stereocenters. The zero-order valence-corrected chi connectivity index (χ0v) is 12.6. The van der Waals surface area contributed by atoms with Crippen molar-refractivity contribution in [3.05, 3.63) is 22.7 Å². The van der Waals surface area contributed by atoms with Crippen molar-refractivity contribution >= 4 is 11.6 Å². The number of ether oxygens (including phenoxy) is 2. The lowest BCUT2D eigenvalue weighted by Crippen LogP contribution is -2.34. The van der Waals surface area contributed by atoms with Crippen LogP contribution >= 0.6 is 11.6 Å². The van der Waals surface area contributed by atoms with E-state index in [1.54, 1.807) is 7.11 Å². The van der Waals surface area contributed by atoms with Gasteiger partial charge in [0.05, 0.1) is 13.7 Å². The second-order valence-corrected chi connectivity index (χ2v) is 6.42. The monoisotopic (exact) mass is 283 g/mol. The predicted octanol–water partition coefficient (Wildman–Crippen LogP) is 3.42. The van der Waals surface area contributed by atoms with Crippen LogP contribution in [0.15, 0.2) is 12.1 Å². The van der Waals surface area contributed by atoms with Crippen LogP contribution in [0.4, 0.5) is 0 Å². The largest absolute Gasteiger partial charge is 0.493 e. The molecular formula is C15H22ClNO2. The van der Waals surface area contributed by atoms with E-state index in [-0.39, 0.29) is 5.54 Å². The number of rotatable bonds is 6. The first-order chi connectivity index (χ1) is 8.89. The van der Waals surface area contributed by atoms with Crippen LogP contribution in [0.3, 0.4) is 0 Å². The van der Waals surface area contributed by atoms with E-state index in [4.69, 9.17) is 26.8 Å². The van der Waals surface area contributed by atoms with Crippen LogP contribution < -0.4 is 15.2 Å². The van der Waals surface area contributed by atoms with Crippen molar-refractivity contribution in [2.24, 2.45) is 11.7 Å². The highest BCUT2D eigenvalue weighted by atomic mass is 35.5. The van der Waals surface area contributed by atoms with Crippen molar-refractivity contribution < 1.29 is 9.47 Å². The molecule has 19 heavy (non-hydrogen) atoms. The van der Waals surface area contributed by atoms with Crippen LogP contribution in [-0.4, -0.2) is 19.3 Å². The lowest BCUT2D eigenvalue weighted by atomic mass is 9.96. The van der Waals surface area contributed by atoms with Gasteiger partial charge in [0, 0.05) is 16.6 Å². The Kier molecular flexibility index (Phi) is 4.26. The first-order valence-electron chi connectivity index (χ1n) is 6.67. The Bertz CT molecular complexity index is 450. The molecule has 0 aromatic heterocycles. The first-order valence-corrected chi connectivity index (χ1v) is 7.05. The number of halogens is 1. The fraction of sp³-hybridized carbons (Fsp3) is 0.600. The van der Waals surface area contributed by atoms with E-state index in [0.717, 1.165) is 23.7 Å². The van der Waals surface area contributed by atoms with Crippen molar-refractivity contribution in [2.75, 3.05) is 13.7 Å². The third kappa shape index (κ3) is 4.29. The van der Waals surface area contributed by atoms with Gasteiger partial charge < -0.3 is 15.2 Å². The second-order valence-electron chi connectivity index (χ2n) is 6.01. The topological polar surface area (TPSA) is 44.5 Å². The van der Waals surface area contributed by atoms with Gasteiger partial charge in [-0.2, -0.15) is 0 Å². The van der Waals surface area contributed by atoms with E-state index in [9.17, 15) is 0 Å². The van der Waals surface area contributed by atoms with Crippen molar-refractivity contribution in [2.45, 2.75) is 38.6 Å². The molecule has 106 valence electrons. The average Bonchev–Trinajstić information content (AvgIpc) is 3.11. The minimum atomic E-state index is -0.301. The normalized spacial score (nSPS) is 15.4. The van der Waals surface area contributed by atoms with Gasteiger partial charge in [0.2, 0.25) is 0 Å². The maximum Gasteiger partial charge on any atom is 0.162 e. The summed E-state index contributed by atoms with van der Waals surface area (Å²) >= 11 is 6.30. The van der Waals surface area contributed by atoms with E-state index in [2.05, 4.69) is 0 Å². The molecule has 1 aromatic carbocycles. The smallest absolute Gasteiger partial charge is 0.162 e. The lowest BCUT2D eigenvalue weighted by molar-refractivity contribution is 0.280. The fourth-order valence-electron chi connectivity index (χ4n) is 1.97. The van der Waals surface area contributed by atoms with Crippen LogP contribution in [-0.2, 0) is 6.42 Å². The van der Waals surface area contributed by atoms with Gasteiger partial charge >= 0.3 is 0 Å². The van der Waals surface area contributed by atoms with Gasteiger partial charge in [-0.3, -0.25) is 0 Å². The number of benzene rings is 1. The molecule has 0 aliphatic heterocycles. The van der Waals surface area contributed by atoms with Crippen molar-refractivity contribution in [3.63, 3.8) is 0 Å². The van der Waals surface area contributed by atoms with E-state index in [1.807, 2.05) is 26.0 Å². The maximum absolute atomic E-state index is 6.30. The first kappa shape index (κ1) is 14.5. The molecular weight excluding hydrogens is 262 g/mol. The van der Waals surface area contributed by atoms with E-state index in [0.29, 0.717) is 17.4 Å². The Morgan fingerprint density at radius 3 is 2.53 bits per heavy atom. The van der Waals surface area contributed by atoms with Gasteiger partial charge in [-0.15, -0.1) is 0 Å². The summed E-state index contributed by atoms with van der Waals surface area (Å²) in [6.45, 7) is 4.70. The highest BCUT2D eigenvalue weighted by molar-refractivity contribution is 6.31. The fourth-order valence-corrected chi connectivity index (χ4v) is 2.19. The summed E-state index contributed by atoms with van der Waals surface area (Å²) in [5.41, 5.74) is 6.73. The SMILES string of the molecule is COc1cc(CC(C)(C)N)c(Cl)cc1OCC1CC1. The molecule has 0 radical (unpaired) electrons. The Labute approximate surface area is 120 Å². The molecule has 1 aliphatic carbocycles. The Morgan fingerprint density at radius 1 is 1.32 bits per heavy atom. The van der Waals surface area contributed by atoms with Gasteiger partial charge in [0.25, 0.3) is 0 Å². The molecule has 2 N–H and O–H groups in total. The Balaban J connectivity index is 2.17. The number of methoxy groups -OCH3 is 1. The predicted molar refractivity (Wildman–Crippen MR) is 78.2 cm³/mol. The van der Waals surface area contributed by atoms with Crippen molar-refractivity contribution in [1.29, 1.82) is 0 Å². The summed E-state index contributed by atoms with van der Waals surface area (Å²) in [6, 6.07) is 3.77. The number of hydrogen-bond acceptors (Lipinski definition) is 3. The molecule has 1 saturated carbocycles. The zero-order chi connectivity index (χ0) is 14.0. The minimum Gasteiger partial charge on any atom is -0.493 e. The maximum atomic E-state index is 6.30. The Morgan fingerprint density at radius 2 is 2.00 bits per heavy atom. The summed E-state index contributed by atoms with van der Waals surface area (Å²) in [6.07, 6.45) is 3.22. The lowest BCUT2D eigenvalue weighted by Gasteiger charge is -2.20. The molecule has 0 spiro atoms. The third-order valence-electron chi connectivity index (χ3n) is 3.15. The van der Waals surface area contributed by atoms with Crippen molar-refractivity contribution in [1.82, 2.24) is 0 Å². The van der Waals surface area contributed by atoms with Crippen LogP contribution in [0.2, 0.25) is 5.02 Å². The van der Waals surface area contributed by atoms with E-state index >= 15 is 0 Å². The number of hydrogen-bond donors (Lipinski definition) is 1. The molecule has 0 saturated heterocycles. The van der Waals surface area contributed by atoms with Gasteiger partial charge in [-0.05, 0) is 50.7 Å². The average molecular weight is 284 g/mol. The van der Waals surface area contributed by atoms with Crippen molar-refractivity contribution in [3.8, 4) is 11.5 Å². The highest BCUT2D eigenvalue weighted by Crippen LogP contribution is 2.36. The second kappa shape index (κ2) is 5.59. The molecule has 2 rings (SSSR count). The summed E-state index contributed by atoms with van der Waals surface area (Å²) in [5.74, 6) is 2.15. The summed E-state index contributed by atoms with van der Waals surface area (Å²) in [5, 5.41) is 0.685. The van der Waals surface area contributed by atoms with Crippen LogP contribution in [0, 0.1) is 5.92 Å². The highest BCUT2D eigenvalue weighted by Gasteiger charge is 2.23. The van der Waals surface area contributed by atoms with Gasteiger partial charge in [-0.1, -0.05) is 11.6 Å². The van der Waals surface area contributed by atoms with Crippen LogP contribution in [0.5, 0.6) is 11.5 Å². The van der Waals surface area contributed by atoms with Crippen LogP contribution in [0.25, 0.3) is 0 Å². The summed E-state index contributed by atoms with van der Waals surface area (Å²) in [7, 11) is 1.64. The molecule has 0 amide bonds. The summed E-state index contributed by atoms with van der Waals surface area (Å²) < 4.78 is 11.2. The minimum absolute atomic E-state index is 0.301. The van der Waals surface area contributed by atoms with Gasteiger partial charge in [-0.25, -0.2) is 0 Å². The molecule has 3 nitrogen and oxygen atoms in total. The van der Waals surface area contributed by atoms with E-state index in [1.165, 1.54) is 12.8 Å². The van der Waals surface area contributed by atoms with Gasteiger partial charge in [0.1, 0.15) is 0 Å². The molecule has 0 heterocycles. The quantitative estimate of drug-likeness (QED) is 0.870.